The molecule has 2 unspecified atom stereocenters. The first-order valence-corrected chi connectivity index (χ1v) is 11.4. The standard InChI is InChI=1S/C22H40N2/c1(3-5-7-21-17-19-9-13-23(21)14-10-19)2-4-6-8-22-18-20-11-15-24(22)16-12-20/h19-22H,1-18H2. The van der Waals surface area contributed by atoms with Crippen LogP contribution in [-0.2, 0) is 0 Å². The molecule has 0 aromatic rings. The van der Waals surface area contributed by atoms with Crippen LogP contribution in [0.2, 0.25) is 0 Å². The van der Waals surface area contributed by atoms with Gasteiger partial charge in [0.05, 0.1) is 0 Å². The molecular formula is C22H40N2. The van der Waals surface area contributed by atoms with Gasteiger partial charge in [-0.3, -0.25) is 0 Å². The van der Waals surface area contributed by atoms with Gasteiger partial charge in [0.1, 0.15) is 0 Å². The number of rotatable bonds is 9. The average molecular weight is 333 g/mol. The highest BCUT2D eigenvalue weighted by molar-refractivity contribution is 4.88. The number of hydrogen-bond acceptors (Lipinski definition) is 2. The Bertz CT molecular complexity index is 330. The molecule has 6 fully saturated rings. The molecule has 0 spiro atoms. The van der Waals surface area contributed by atoms with Crippen LogP contribution in [0.3, 0.4) is 0 Å². The first-order chi connectivity index (χ1) is 11.9. The van der Waals surface area contributed by atoms with Crippen molar-refractivity contribution in [2.45, 2.75) is 102 Å². The molecule has 6 rings (SSSR count). The summed E-state index contributed by atoms with van der Waals surface area (Å²) in [5.41, 5.74) is 0. The van der Waals surface area contributed by atoms with E-state index >= 15 is 0 Å². The number of piperidine rings is 6. The summed E-state index contributed by atoms with van der Waals surface area (Å²) in [5, 5.41) is 0. The average Bonchev–Trinajstić information content (AvgIpc) is 2.66. The third-order valence-electron chi connectivity index (χ3n) is 7.87. The summed E-state index contributed by atoms with van der Waals surface area (Å²) in [6, 6.07) is 1.93. The van der Waals surface area contributed by atoms with Gasteiger partial charge in [-0.1, -0.05) is 38.5 Å². The quantitative estimate of drug-likeness (QED) is 0.544. The molecule has 0 amide bonds. The molecule has 0 aliphatic carbocycles. The van der Waals surface area contributed by atoms with Gasteiger partial charge in [0.2, 0.25) is 0 Å². The summed E-state index contributed by atoms with van der Waals surface area (Å²) in [4.78, 5) is 5.60. The highest BCUT2D eigenvalue weighted by atomic mass is 15.2. The van der Waals surface area contributed by atoms with Crippen molar-refractivity contribution < 1.29 is 0 Å². The van der Waals surface area contributed by atoms with E-state index in [0.717, 1.165) is 23.9 Å². The maximum absolute atomic E-state index is 2.80. The third kappa shape index (κ3) is 4.36. The Kier molecular flexibility index (Phi) is 6.17. The van der Waals surface area contributed by atoms with Gasteiger partial charge in [-0.25, -0.2) is 0 Å². The van der Waals surface area contributed by atoms with E-state index in [1.54, 1.807) is 0 Å². The second-order valence-electron chi connectivity index (χ2n) is 9.44. The fourth-order valence-electron chi connectivity index (χ4n) is 6.24. The second-order valence-corrected chi connectivity index (χ2v) is 9.44. The number of fused-ring (bicyclic) bond motifs is 6. The molecule has 0 aromatic heterocycles. The van der Waals surface area contributed by atoms with Crippen molar-refractivity contribution in [2.75, 3.05) is 26.2 Å². The van der Waals surface area contributed by atoms with Gasteiger partial charge in [-0.05, 0) is 89.4 Å². The minimum absolute atomic E-state index is 0.966. The van der Waals surface area contributed by atoms with Crippen molar-refractivity contribution in [1.29, 1.82) is 0 Å². The summed E-state index contributed by atoms with van der Waals surface area (Å²) >= 11 is 0. The summed E-state index contributed by atoms with van der Waals surface area (Å²) in [5.74, 6) is 2.18. The SMILES string of the molecule is C(CCCCC1CC2CCN1CC2)CCCC1CC2CCN1CC2. The maximum Gasteiger partial charge on any atom is 0.00979 e. The summed E-state index contributed by atoms with van der Waals surface area (Å²) in [7, 11) is 0. The monoisotopic (exact) mass is 332 g/mol. The summed E-state index contributed by atoms with van der Waals surface area (Å²) in [6.07, 6.45) is 21.0. The van der Waals surface area contributed by atoms with Gasteiger partial charge in [0.15, 0.2) is 0 Å². The Labute approximate surface area is 150 Å². The van der Waals surface area contributed by atoms with E-state index in [9.17, 15) is 0 Å². The fourth-order valence-corrected chi connectivity index (χ4v) is 6.24. The molecule has 6 saturated heterocycles. The topological polar surface area (TPSA) is 6.48 Å². The Morgan fingerprint density at radius 2 is 0.875 bits per heavy atom. The lowest BCUT2D eigenvalue weighted by molar-refractivity contribution is 0.0432. The smallest absolute Gasteiger partial charge is 0.00979 e. The molecule has 2 atom stereocenters. The highest BCUT2D eigenvalue weighted by Gasteiger charge is 2.33. The van der Waals surface area contributed by atoms with Crippen LogP contribution < -0.4 is 0 Å². The lowest BCUT2D eigenvalue weighted by Gasteiger charge is -2.45. The van der Waals surface area contributed by atoms with E-state index < -0.39 is 0 Å². The summed E-state index contributed by atoms with van der Waals surface area (Å²) < 4.78 is 0. The molecule has 4 bridgehead atoms. The van der Waals surface area contributed by atoms with Crippen LogP contribution in [0.1, 0.15) is 89.9 Å². The maximum atomic E-state index is 2.80. The third-order valence-corrected chi connectivity index (χ3v) is 7.87. The number of hydrogen-bond donors (Lipinski definition) is 0. The van der Waals surface area contributed by atoms with Gasteiger partial charge < -0.3 is 9.80 Å². The van der Waals surface area contributed by atoms with Gasteiger partial charge in [-0.2, -0.15) is 0 Å². The van der Waals surface area contributed by atoms with Crippen LogP contribution in [-0.4, -0.2) is 48.1 Å². The van der Waals surface area contributed by atoms with Crippen molar-refractivity contribution in [1.82, 2.24) is 9.80 Å². The molecule has 6 aliphatic rings. The molecule has 24 heavy (non-hydrogen) atoms. The molecule has 2 nitrogen and oxygen atoms in total. The predicted molar refractivity (Wildman–Crippen MR) is 102 cm³/mol. The Balaban J connectivity index is 0.998. The van der Waals surface area contributed by atoms with Gasteiger partial charge in [-0.15, -0.1) is 0 Å². The minimum Gasteiger partial charge on any atom is -0.300 e. The Morgan fingerprint density at radius 3 is 1.21 bits per heavy atom. The normalized spacial score (nSPS) is 41.0. The molecule has 0 aromatic carbocycles. The number of unbranched alkanes of at least 4 members (excludes halogenated alkanes) is 5. The second kappa shape index (κ2) is 8.54. The van der Waals surface area contributed by atoms with Gasteiger partial charge in [0.25, 0.3) is 0 Å². The first-order valence-electron chi connectivity index (χ1n) is 11.4. The Morgan fingerprint density at radius 1 is 0.500 bits per heavy atom. The zero-order valence-electron chi connectivity index (χ0n) is 15.9. The van der Waals surface area contributed by atoms with Gasteiger partial charge in [0, 0.05) is 12.1 Å². The van der Waals surface area contributed by atoms with Crippen molar-refractivity contribution in [3.8, 4) is 0 Å². The van der Waals surface area contributed by atoms with Crippen molar-refractivity contribution >= 4 is 0 Å². The lowest BCUT2D eigenvalue weighted by atomic mass is 9.81. The van der Waals surface area contributed by atoms with Crippen LogP contribution in [0.4, 0.5) is 0 Å². The van der Waals surface area contributed by atoms with Crippen LogP contribution in [0.5, 0.6) is 0 Å². The zero-order chi connectivity index (χ0) is 16.2. The molecule has 0 N–H and O–H groups in total. The minimum atomic E-state index is 0.966. The summed E-state index contributed by atoms with van der Waals surface area (Å²) in [6.45, 7) is 5.64. The number of nitrogens with zero attached hydrogens (tertiary/aromatic N) is 2. The lowest BCUT2D eigenvalue weighted by Crippen LogP contribution is -2.48. The molecule has 2 heteroatoms. The van der Waals surface area contributed by atoms with Gasteiger partial charge >= 0.3 is 0 Å². The van der Waals surface area contributed by atoms with Crippen LogP contribution in [0.25, 0.3) is 0 Å². The van der Waals surface area contributed by atoms with Crippen molar-refractivity contribution in [2.24, 2.45) is 11.8 Å². The first kappa shape index (κ1) is 17.3. The fraction of sp³-hybridized carbons (Fsp3) is 1.00. The largest absolute Gasteiger partial charge is 0.300 e. The van der Waals surface area contributed by atoms with Crippen LogP contribution in [0.15, 0.2) is 0 Å². The highest BCUT2D eigenvalue weighted by Crippen LogP contribution is 2.35. The molecule has 6 aliphatic heterocycles. The molecule has 0 saturated carbocycles. The van der Waals surface area contributed by atoms with E-state index in [0.29, 0.717) is 0 Å². The molecule has 0 radical (unpaired) electrons. The zero-order valence-corrected chi connectivity index (χ0v) is 15.9. The van der Waals surface area contributed by atoms with Crippen LogP contribution >= 0.6 is 0 Å². The van der Waals surface area contributed by atoms with E-state index in [1.165, 1.54) is 116 Å². The van der Waals surface area contributed by atoms with Crippen molar-refractivity contribution in [3.05, 3.63) is 0 Å². The van der Waals surface area contributed by atoms with Crippen LogP contribution in [0, 0.1) is 11.8 Å². The molecular weight excluding hydrogens is 292 g/mol. The molecule has 138 valence electrons. The predicted octanol–water partition coefficient (Wildman–Crippen LogP) is 5.08. The van der Waals surface area contributed by atoms with E-state index in [4.69, 9.17) is 0 Å². The van der Waals surface area contributed by atoms with Crippen molar-refractivity contribution in [3.63, 3.8) is 0 Å². The van der Waals surface area contributed by atoms with E-state index in [-0.39, 0.29) is 0 Å². The Hall–Kier alpha value is -0.0800. The van der Waals surface area contributed by atoms with E-state index in [2.05, 4.69) is 9.80 Å². The van der Waals surface area contributed by atoms with E-state index in [1.807, 2.05) is 0 Å². The molecule has 6 heterocycles.